The molecule has 3 saturated heterocycles. The Balaban J connectivity index is 1.94. The van der Waals surface area contributed by atoms with Crippen LogP contribution < -0.4 is 5.73 Å². The Bertz CT molecular complexity index is 261. The van der Waals surface area contributed by atoms with E-state index < -0.39 is 0 Å². The largest absolute Gasteiger partial charge is 0.329 e. The predicted molar refractivity (Wildman–Crippen MR) is 76.8 cm³/mol. The van der Waals surface area contributed by atoms with Crippen molar-refractivity contribution in [3.05, 3.63) is 0 Å². The summed E-state index contributed by atoms with van der Waals surface area (Å²) in [6.45, 7) is 6.91. The average molecular weight is 254 g/mol. The maximum absolute atomic E-state index is 6.18. The second kappa shape index (κ2) is 5.87. The van der Waals surface area contributed by atoms with Crippen LogP contribution in [0.3, 0.4) is 0 Å². The Labute approximate surface area is 112 Å². The minimum atomic E-state index is 0.253. The molecule has 18 heavy (non-hydrogen) atoms. The van der Waals surface area contributed by atoms with Crippen LogP contribution >= 0.6 is 0 Å². The molecule has 3 aliphatic heterocycles. The predicted octanol–water partition coefficient (Wildman–Crippen LogP) is 0.293. The first-order valence-corrected chi connectivity index (χ1v) is 7.37. The number of rotatable bonds is 6. The molecule has 106 valence electrons. The zero-order valence-corrected chi connectivity index (χ0v) is 12.4. The Morgan fingerprint density at radius 3 is 2.28 bits per heavy atom. The molecule has 0 aromatic carbocycles. The van der Waals surface area contributed by atoms with Gasteiger partial charge in [-0.3, -0.25) is 4.90 Å². The molecule has 3 fully saturated rings. The van der Waals surface area contributed by atoms with Crippen molar-refractivity contribution >= 4 is 0 Å². The van der Waals surface area contributed by atoms with Gasteiger partial charge in [-0.2, -0.15) is 0 Å². The molecule has 0 saturated carbocycles. The van der Waals surface area contributed by atoms with Crippen LogP contribution in [0.25, 0.3) is 0 Å². The van der Waals surface area contributed by atoms with E-state index in [2.05, 4.69) is 35.8 Å². The van der Waals surface area contributed by atoms with Gasteiger partial charge >= 0.3 is 0 Å². The van der Waals surface area contributed by atoms with Gasteiger partial charge in [-0.25, -0.2) is 0 Å². The van der Waals surface area contributed by atoms with E-state index in [9.17, 15) is 0 Å². The highest BCUT2D eigenvalue weighted by Gasteiger charge is 2.47. The molecule has 3 heterocycles. The fourth-order valence-electron chi connectivity index (χ4n) is 3.81. The van der Waals surface area contributed by atoms with Gasteiger partial charge in [-0.15, -0.1) is 0 Å². The van der Waals surface area contributed by atoms with Crippen LogP contribution in [0.1, 0.15) is 19.3 Å². The topological polar surface area (TPSA) is 35.7 Å². The smallest absolute Gasteiger partial charge is 0.0484 e. The molecule has 1 unspecified atom stereocenters. The number of fused-ring (bicyclic) bond motifs is 3. The first-order chi connectivity index (χ1) is 8.58. The van der Waals surface area contributed by atoms with Crippen molar-refractivity contribution < 1.29 is 0 Å². The molecule has 3 rings (SSSR count). The number of likely N-dealkylation sites (N-methyl/N-ethyl adjacent to an activating group) is 1. The lowest BCUT2D eigenvalue weighted by atomic mass is 9.71. The highest BCUT2D eigenvalue weighted by atomic mass is 15.3. The van der Waals surface area contributed by atoms with Gasteiger partial charge in [-0.1, -0.05) is 0 Å². The lowest BCUT2D eigenvalue weighted by Crippen LogP contribution is -2.69. The number of hydrogen-bond acceptors (Lipinski definition) is 4. The van der Waals surface area contributed by atoms with Crippen LogP contribution in [0, 0.1) is 5.92 Å². The number of hydrogen-bond donors (Lipinski definition) is 1. The van der Waals surface area contributed by atoms with E-state index in [1.54, 1.807) is 0 Å². The summed E-state index contributed by atoms with van der Waals surface area (Å²) in [7, 11) is 6.57. The lowest BCUT2D eigenvalue weighted by Gasteiger charge is -2.57. The first kappa shape index (κ1) is 14.3. The van der Waals surface area contributed by atoms with Crippen molar-refractivity contribution in [1.29, 1.82) is 0 Å². The van der Waals surface area contributed by atoms with Gasteiger partial charge in [-0.05, 0) is 72.5 Å². The Kier molecular flexibility index (Phi) is 4.64. The SMILES string of the molecule is CN(C)CCCN(C)C1(CN)CN2CCC1CC2. The molecule has 0 amide bonds. The van der Waals surface area contributed by atoms with Gasteiger partial charge in [0.25, 0.3) is 0 Å². The Morgan fingerprint density at radius 1 is 1.17 bits per heavy atom. The van der Waals surface area contributed by atoms with Crippen LogP contribution in [0.2, 0.25) is 0 Å². The Morgan fingerprint density at radius 2 is 1.83 bits per heavy atom. The van der Waals surface area contributed by atoms with Gasteiger partial charge in [0.2, 0.25) is 0 Å². The van der Waals surface area contributed by atoms with Crippen LogP contribution in [-0.4, -0.2) is 80.7 Å². The number of nitrogens with two attached hydrogens (primary N) is 1. The van der Waals surface area contributed by atoms with E-state index in [0.29, 0.717) is 0 Å². The molecule has 1 atom stereocenters. The molecule has 2 N–H and O–H groups in total. The molecule has 0 aromatic heterocycles. The van der Waals surface area contributed by atoms with E-state index >= 15 is 0 Å². The molecule has 0 aromatic rings. The zero-order chi connectivity index (χ0) is 13.2. The fourth-order valence-corrected chi connectivity index (χ4v) is 3.81. The Hall–Kier alpha value is -0.160. The summed E-state index contributed by atoms with van der Waals surface area (Å²) in [6.07, 6.45) is 3.92. The highest BCUT2D eigenvalue weighted by molar-refractivity contribution is 5.05. The number of piperidine rings is 3. The monoisotopic (exact) mass is 254 g/mol. The van der Waals surface area contributed by atoms with E-state index in [-0.39, 0.29) is 5.54 Å². The van der Waals surface area contributed by atoms with Crippen LogP contribution in [0.15, 0.2) is 0 Å². The third kappa shape index (κ3) is 2.72. The van der Waals surface area contributed by atoms with Gasteiger partial charge in [0, 0.05) is 18.6 Å². The molecule has 4 heteroatoms. The quantitative estimate of drug-likeness (QED) is 0.739. The van der Waals surface area contributed by atoms with Gasteiger partial charge < -0.3 is 15.5 Å². The summed E-state index contributed by atoms with van der Waals surface area (Å²) >= 11 is 0. The summed E-state index contributed by atoms with van der Waals surface area (Å²) < 4.78 is 0. The second-order valence-electron chi connectivity index (χ2n) is 6.44. The van der Waals surface area contributed by atoms with Gasteiger partial charge in [0.05, 0.1) is 0 Å². The minimum Gasteiger partial charge on any atom is -0.329 e. The standard InChI is InChI=1S/C14H30N4/c1-16(2)7-4-8-17(3)14(11-15)12-18-9-5-13(14)6-10-18/h13H,4-12,15H2,1-3H3. The third-order valence-electron chi connectivity index (χ3n) is 5.06. The van der Waals surface area contributed by atoms with Gasteiger partial charge in [0.15, 0.2) is 0 Å². The first-order valence-electron chi connectivity index (χ1n) is 7.37. The van der Waals surface area contributed by atoms with Crippen LogP contribution in [0.5, 0.6) is 0 Å². The summed E-state index contributed by atoms with van der Waals surface area (Å²) in [6, 6.07) is 0. The maximum atomic E-state index is 6.18. The summed E-state index contributed by atoms with van der Waals surface area (Å²) in [5.41, 5.74) is 6.43. The van der Waals surface area contributed by atoms with Crippen molar-refractivity contribution in [1.82, 2.24) is 14.7 Å². The van der Waals surface area contributed by atoms with Crippen molar-refractivity contribution in [2.45, 2.75) is 24.8 Å². The van der Waals surface area contributed by atoms with E-state index in [1.165, 1.54) is 52.0 Å². The average Bonchev–Trinajstić information content (AvgIpc) is 2.39. The minimum absolute atomic E-state index is 0.253. The number of nitrogens with zero attached hydrogens (tertiary/aromatic N) is 3. The molecular weight excluding hydrogens is 224 g/mol. The van der Waals surface area contributed by atoms with Crippen LogP contribution in [-0.2, 0) is 0 Å². The van der Waals surface area contributed by atoms with Crippen LogP contribution in [0.4, 0.5) is 0 Å². The summed E-state index contributed by atoms with van der Waals surface area (Å²) in [5.74, 6) is 0.817. The molecule has 3 aliphatic rings. The molecule has 0 radical (unpaired) electrons. The van der Waals surface area contributed by atoms with Gasteiger partial charge in [0.1, 0.15) is 0 Å². The van der Waals surface area contributed by atoms with E-state index in [0.717, 1.165) is 12.5 Å². The highest BCUT2D eigenvalue weighted by Crippen LogP contribution is 2.38. The lowest BCUT2D eigenvalue weighted by molar-refractivity contribution is -0.0566. The molecule has 2 bridgehead atoms. The normalized spacial score (nSPS) is 35.7. The summed E-state index contributed by atoms with van der Waals surface area (Å²) in [4.78, 5) is 7.43. The molecule has 0 spiro atoms. The summed E-state index contributed by atoms with van der Waals surface area (Å²) in [5, 5.41) is 0. The molecule has 0 aliphatic carbocycles. The van der Waals surface area contributed by atoms with E-state index in [4.69, 9.17) is 5.73 Å². The van der Waals surface area contributed by atoms with Crippen molar-refractivity contribution in [3.63, 3.8) is 0 Å². The fraction of sp³-hybridized carbons (Fsp3) is 1.00. The second-order valence-corrected chi connectivity index (χ2v) is 6.44. The molecular formula is C14H30N4. The van der Waals surface area contributed by atoms with Crippen molar-refractivity contribution in [2.75, 3.05) is 60.4 Å². The van der Waals surface area contributed by atoms with E-state index in [1.807, 2.05) is 0 Å². The zero-order valence-electron chi connectivity index (χ0n) is 12.4. The third-order valence-corrected chi connectivity index (χ3v) is 5.06. The van der Waals surface area contributed by atoms with Crippen molar-refractivity contribution in [3.8, 4) is 0 Å². The molecule has 4 nitrogen and oxygen atoms in total. The maximum Gasteiger partial charge on any atom is 0.0484 e. The van der Waals surface area contributed by atoms with Crippen molar-refractivity contribution in [2.24, 2.45) is 11.7 Å².